The Labute approximate surface area is 71.3 Å². The number of hydrogen-bond donors (Lipinski definition) is 1. The maximum absolute atomic E-state index is 10.7. The van der Waals surface area contributed by atoms with Crippen molar-refractivity contribution in [1.29, 1.82) is 0 Å². The molecule has 0 saturated heterocycles. The Balaban J connectivity index is 3.19. The number of primary amides is 1. The first-order chi connectivity index (χ1) is 5.09. The monoisotopic (exact) mass is 216 g/mol. The van der Waals surface area contributed by atoms with Crippen LogP contribution in [-0.2, 0) is 0 Å². The van der Waals surface area contributed by atoms with E-state index in [9.17, 15) is 10.0 Å². The van der Waals surface area contributed by atoms with E-state index in [0.717, 1.165) is 6.20 Å². The van der Waals surface area contributed by atoms with Crippen LogP contribution in [0.25, 0.3) is 0 Å². The van der Waals surface area contributed by atoms with Gasteiger partial charge < -0.3 is 10.9 Å². The van der Waals surface area contributed by atoms with Gasteiger partial charge in [-0.15, -0.1) is 0 Å². The van der Waals surface area contributed by atoms with Crippen molar-refractivity contribution in [2.45, 2.75) is 0 Å². The molecule has 0 aliphatic heterocycles. The zero-order valence-corrected chi connectivity index (χ0v) is 7.04. The first kappa shape index (κ1) is 8.00. The van der Waals surface area contributed by atoms with E-state index in [-0.39, 0.29) is 5.56 Å². The minimum absolute atomic E-state index is 0.189. The average Bonchev–Trinajstić information content (AvgIpc) is 1.85. The quantitative estimate of drug-likeness (QED) is 0.538. The standard InChI is InChI=1S/C6H5BrN2O2/c7-5-1-4(6(8)10)2-9(11)3-5/h1-3H,(H2,8,10). The van der Waals surface area contributed by atoms with Gasteiger partial charge >= 0.3 is 0 Å². The number of halogens is 1. The molecule has 1 rings (SSSR count). The van der Waals surface area contributed by atoms with E-state index < -0.39 is 5.91 Å². The fourth-order valence-electron chi connectivity index (χ4n) is 0.654. The van der Waals surface area contributed by atoms with Crippen molar-refractivity contribution >= 4 is 21.8 Å². The lowest BCUT2D eigenvalue weighted by molar-refractivity contribution is -0.606. The van der Waals surface area contributed by atoms with Crippen LogP contribution in [0.1, 0.15) is 10.4 Å². The summed E-state index contributed by atoms with van der Waals surface area (Å²) in [4.78, 5) is 10.6. The zero-order chi connectivity index (χ0) is 8.43. The van der Waals surface area contributed by atoms with Gasteiger partial charge in [-0.05, 0) is 22.0 Å². The summed E-state index contributed by atoms with van der Waals surface area (Å²) in [5.41, 5.74) is 5.13. The summed E-state index contributed by atoms with van der Waals surface area (Å²) in [6, 6.07) is 1.48. The molecule has 0 aliphatic rings. The highest BCUT2D eigenvalue weighted by atomic mass is 79.9. The Morgan fingerprint density at radius 3 is 2.73 bits per heavy atom. The summed E-state index contributed by atoms with van der Waals surface area (Å²) >= 11 is 3.05. The number of rotatable bonds is 1. The Bertz CT molecular complexity index is 280. The lowest BCUT2D eigenvalue weighted by Gasteiger charge is -1.97. The van der Waals surface area contributed by atoms with E-state index in [0.29, 0.717) is 9.20 Å². The Kier molecular flexibility index (Phi) is 2.09. The molecule has 2 N–H and O–H groups in total. The van der Waals surface area contributed by atoms with Gasteiger partial charge in [0.25, 0.3) is 5.91 Å². The molecule has 0 saturated carbocycles. The maximum atomic E-state index is 10.7. The van der Waals surface area contributed by atoms with Crippen LogP contribution in [0.5, 0.6) is 0 Å². The van der Waals surface area contributed by atoms with Crippen LogP contribution in [0.15, 0.2) is 22.9 Å². The van der Waals surface area contributed by atoms with Gasteiger partial charge in [0.1, 0.15) is 5.56 Å². The largest absolute Gasteiger partial charge is 0.619 e. The molecular formula is C6H5BrN2O2. The summed E-state index contributed by atoms with van der Waals surface area (Å²) in [6.07, 6.45) is 2.40. The first-order valence-electron chi connectivity index (χ1n) is 2.79. The number of carbonyl (C=O) groups is 1. The van der Waals surface area contributed by atoms with Crippen molar-refractivity contribution in [3.63, 3.8) is 0 Å². The highest BCUT2D eigenvalue weighted by molar-refractivity contribution is 9.10. The van der Waals surface area contributed by atoms with Crippen molar-refractivity contribution in [2.75, 3.05) is 0 Å². The van der Waals surface area contributed by atoms with Crippen LogP contribution in [0.4, 0.5) is 0 Å². The third kappa shape index (κ3) is 1.91. The normalized spacial score (nSPS) is 9.55. The Morgan fingerprint density at radius 1 is 1.64 bits per heavy atom. The van der Waals surface area contributed by atoms with Gasteiger partial charge in [-0.3, -0.25) is 4.79 Å². The molecule has 0 fully saturated rings. The average molecular weight is 217 g/mol. The van der Waals surface area contributed by atoms with E-state index >= 15 is 0 Å². The zero-order valence-electron chi connectivity index (χ0n) is 5.45. The summed E-state index contributed by atoms with van der Waals surface area (Å²) in [5, 5.41) is 10.7. The number of aromatic nitrogens is 1. The molecule has 58 valence electrons. The molecule has 1 aromatic heterocycles. The maximum Gasteiger partial charge on any atom is 0.254 e. The SMILES string of the molecule is NC(=O)c1cc(Br)c[n+]([O-])c1. The van der Waals surface area contributed by atoms with Gasteiger partial charge in [-0.1, -0.05) is 0 Å². The summed E-state index contributed by atoms with van der Waals surface area (Å²) in [5.74, 6) is -0.615. The third-order valence-electron chi connectivity index (χ3n) is 1.09. The smallest absolute Gasteiger partial charge is 0.254 e. The second-order valence-electron chi connectivity index (χ2n) is 1.97. The van der Waals surface area contributed by atoms with Crippen LogP contribution in [0, 0.1) is 5.21 Å². The Hall–Kier alpha value is -1.10. The topological polar surface area (TPSA) is 70.0 Å². The Morgan fingerprint density at radius 2 is 2.27 bits per heavy atom. The molecule has 11 heavy (non-hydrogen) atoms. The fraction of sp³-hybridized carbons (Fsp3) is 0. The highest BCUT2D eigenvalue weighted by Crippen LogP contribution is 2.07. The van der Waals surface area contributed by atoms with Gasteiger partial charge in [0.15, 0.2) is 12.4 Å². The molecular weight excluding hydrogens is 212 g/mol. The van der Waals surface area contributed by atoms with Crippen LogP contribution < -0.4 is 10.5 Å². The predicted molar refractivity (Wildman–Crippen MR) is 41.6 cm³/mol. The van der Waals surface area contributed by atoms with Gasteiger partial charge in [-0.25, -0.2) is 0 Å². The molecule has 0 spiro atoms. The minimum atomic E-state index is -0.615. The highest BCUT2D eigenvalue weighted by Gasteiger charge is 2.05. The second kappa shape index (κ2) is 2.87. The number of nitrogens with zero attached hydrogens (tertiary/aromatic N) is 1. The van der Waals surface area contributed by atoms with Crippen molar-refractivity contribution in [3.05, 3.63) is 33.7 Å². The lowest BCUT2D eigenvalue weighted by atomic mass is 10.3. The predicted octanol–water partition coefficient (Wildman–Crippen LogP) is 0.181. The number of amides is 1. The van der Waals surface area contributed by atoms with E-state index in [1.165, 1.54) is 12.3 Å². The third-order valence-corrected chi connectivity index (χ3v) is 1.53. The van der Waals surface area contributed by atoms with Crippen molar-refractivity contribution in [3.8, 4) is 0 Å². The second-order valence-corrected chi connectivity index (χ2v) is 2.88. The molecule has 1 amide bonds. The van der Waals surface area contributed by atoms with Crippen LogP contribution in [-0.4, -0.2) is 5.91 Å². The van der Waals surface area contributed by atoms with Crippen LogP contribution in [0.2, 0.25) is 0 Å². The number of hydrogen-bond acceptors (Lipinski definition) is 2. The molecule has 0 aliphatic carbocycles. The van der Waals surface area contributed by atoms with Gasteiger partial charge in [-0.2, -0.15) is 4.73 Å². The number of nitrogens with two attached hydrogens (primary N) is 1. The summed E-state index contributed by atoms with van der Waals surface area (Å²) in [7, 11) is 0. The van der Waals surface area contributed by atoms with E-state index in [1.807, 2.05) is 0 Å². The van der Waals surface area contributed by atoms with Crippen molar-refractivity contribution in [2.24, 2.45) is 5.73 Å². The molecule has 0 unspecified atom stereocenters. The van der Waals surface area contributed by atoms with Gasteiger partial charge in [0, 0.05) is 0 Å². The number of carbonyl (C=O) groups excluding carboxylic acids is 1. The van der Waals surface area contributed by atoms with Gasteiger partial charge in [0.2, 0.25) is 0 Å². The number of pyridine rings is 1. The van der Waals surface area contributed by atoms with Crippen LogP contribution in [0.3, 0.4) is 0 Å². The summed E-state index contributed by atoms with van der Waals surface area (Å²) < 4.78 is 1.05. The molecule has 1 aromatic rings. The van der Waals surface area contributed by atoms with E-state index in [4.69, 9.17) is 5.73 Å². The lowest BCUT2D eigenvalue weighted by Crippen LogP contribution is -2.27. The van der Waals surface area contributed by atoms with Gasteiger partial charge in [0.05, 0.1) is 4.47 Å². The molecule has 0 bridgehead atoms. The molecule has 0 radical (unpaired) electrons. The summed E-state index contributed by atoms with van der Waals surface area (Å²) in [6.45, 7) is 0. The first-order valence-corrected chi connectivity index (χ1v) is 3.58. The minimum Gasteiger partial charge on any atom is -0.619 e. The molecule has 1 heterocycles. The van der Waals surface area contributed by atoms with E-state index in [2.05, 4.69) is 15.9 Å². The van der Waals surface area contributed by atoms with Crippen molar-refractivity contribution in [1.82, 2.24) is 0 Å². The van der Waals surface area contributed by atoms with Crippen LogP contribution >= 0.6 is 15.9 Å². The molecule has 5 heteroatoms. The fourth-order valence-corrected chi connectivity index (χ4v) is 1.10. The molecule has 0 atom stereocenters. The molecule has 4 nitrogen and oxygen atoms in total. The van der Waals surface area contributed by atoms with Crippen molar-refractivity contribution < 1.29 is 9.52 Å². The van der Waals surface area contributed by atoms with E-state index in [1.54, 1.807) is 0 Å². The molecule has 0 aromatic carbocycles.